The van der Waals surface area contributed by atoms with E-state index in [1.54, 1.807) is 0 Å². The van der Waals surface area contributed by atoms with E-state index in [4.69, 9.17) is 18.5 Å². The highest BCUT2D eigenvalue weighted by molar-refractivity contribution is 7.47. The lowest BCUT2D eigenvalue weighted by atomic mass is 10.0. The largest absolute Gasteiger partial charge is 0.472 e. The zero-order valence-corrected chi connectivity index (χ0v) is 38.2. The highest BCUT2D eigenvalue weighted by Crippen LogP contribution is 2.43. The van der Waals surface area contributed by atoms with Gasteiger partial charge in [-0.2, -0.15) is 0 Å². The van der Waals surface area contributed by atoms with Gasteiger partial charge in [-0.15, -0.1) is 0 Å². The lowest BCUT2D eigenvalue weighted by Crippen LogP contribution is -2.37. The Labute approximate surface area is 350 Å². The third kappa shape index (κ3) is 43.4. The molecule has 0 fully saturated rings. The van der Waals surface area contributed by atoms with Gasteiger partial charge in [0.15, 0.2) is 6.10 Å². The molecular formula is C47H87NO8P+. The van der Waals surface area contributed by atoms with Gasteiger partial charge in [-0.25, -0.2) is 4.57 Å². The first-order chi connectivity index (χ1) is 27.5. The zero-order chi connectivity index (χ0) is 42.1. The van der Waals surface area contributed by atoms with E-state index in [-0.39, 0.29) is 32.0 Å². The summed E-state index contributed by atoms with van der Waals surface area (Å²) >= 11 is 0. The average Bonchev–Trinajstić information content (AvgIpc) is 3.16. The van der Waals surface area contributed by atoms with Crippen LogP contribution in [0.3, 0.4) is 0 Å². The summed E-state index contributed by atoms with van der Waals surface area (Å²) in [6.45, 7) is 4.27. The molecule has 0 aliphatic heterocycles. The minimum absolute atomic E-state index is 0.0260. The maximum Gasteiger partial charge on any atom is 0.472 e. The van der Waals surface area contributed by atoms with Gasteiger partial charge in [-0.1, -0.05) is 191 Å². The molecule has 2 atom stereocenters. The molecule has 332 valence electrons. The number of nitrogens with zero attached hydrogens (tertiary/aromatic N) is 1. The summed E-state index contributed by atoms with van der Waals surface area (Å²) in [5, 5.41) is 0. The van der Waals surface area contributed by atoms with Crippen molar-refractivity contribution in [3.63, 3.8) is 0 Å². The fraction of sp³-hybridized carbons (Fsp3) is 0.787. The third-order valence-corrected chi connectivity index (χ3v) is 10.7. The molecule has 0 aromatic carbocycles. The van der Waals surface area contributed by atoms with Crippen molar-refractivity contribution in [1.82, 2.24) is 0 Å². The Balaban J connectivity index is 4.33. The van der Waals surface area contributed by atoms with E-state index in [0.29, 0.717) is 17.4 Å². The number of likely N-dealkylation sites (N-methyl/N-ethyl adjacent to an activating group) is 1. The number of allylic oxidation sites excluding steroid dienone is 8. The van der Waals surface area contributed by atoms with Crippen molar-refractivity contribution in [3.05, 3.63) is 48.6 Å². The summed E-state index contributed by atoms with van der Waals surface area (Å²) in [5.74, 6) is -0.822. The van der Waals surface area contributed by atoms with Crippen molar-refractivity contribution >= 4 is 19.8 Å². The second-order valence-corrected chi connectivity index (χ2v) is 18.0. The highest BCUT2D eigenvalue weighted by atomic mass is 31.2. The molecule has 0 saturated carbocycles. The number of phosphoric acid groups is 1. The lowest BCUT2D eigenvalue weighted by molar-refractivity contribution is -0.870. The van der Waals surface area contributed by atoms with Crippen LogP contribution < -0.4 is 0 Å². The van der Waals surface area contributed by atoms with Gasteiger partial charge in [0.05, 0.1) is 27.7 Å². The Hall–Kier alpha value is -2.03. The zero-order valence-electron chi connectivity index (χ0n) is 37.3. The number of hydrogen-bond acceptors (Lipinski definition) is 7. The van der Waals surface area contributed by atoms with E-state index < -0.39 is 26.5 Å². The first kappa shape index (κ1) is 55.0. The summed E-state index contributed by atoms with van der Waals surface area (Å²) in [6.07, 6.45) is 45.9. The fourth-order valence-electron chi connectivity index (χ4n) is 6.14. The van der Waals surface area contributed by atoms with Gasteiger partial charge in [0.1, 0.15) is 19.8 Å². The van der Waals surface area contributed by atoms with E-state index in [1.165, 1.54) is 96.3 Å². The number of carbonyl (C=O) groups is 2. The third-order valence-electron chi connectivity index (χ3n) is 9.72. The smallest absolute Gasteiger partial charge is 0.462 e. The Morgan fingerprint density at radius 3 is 1.49 bits per heavy atom. The van der Waals surface area contributed by atoms with Crippen LogP contribution in [0.1, 0.15) is 187 Å². The molecule has 0 amide bonds. The first-order valence-electron chi connectivity index (χ1n) is 22.9. The number of carbonyl (C=O) groups excluding carboxylic acids is 2. The van der Waals surface area contributed by atoms with Gasteiger partial charge in [-0.3, -0.25) is 18.6 Å². The Bertz CT molecular complexity index is 1110. The SMILES string of the molecule is CC/C=C/C=C/C=C/C=C/CCCCCCCC(=O)O[C@H](COC(=O)CCCCCCCCCCCCCCCCCCCC)COP(=O)(O)OCC[N+](C)(C)C. The number of esters is 2. The number of rotatable bonds is 41. The molecule has 0 aliphatic rings. The number of unbranched alkanes of at least 4 members (excludes halogenated alkanes) is 22. The van der Waals surface area contributed by atoms with Gasteiger partial charge in [0, 0.05) is 12.8 Å². The fourth-order valence-corrected chi connectivity index (χ4v) is 6.88. The molecule has 0 aliphatic carbocycles. The summed E-state index contributed by atoms with van der Waals surface area (Å²) in [7, 11) is 1.46. The van der Waals surface area contributed by atoms with Gasteiger partial charge >= 0.3 is 19.8 Å². The Morgan fingerprint density at radius 2 is 1.00 bits per heavy atom. The molecular weight excluding hydrogens is 737 g/mol. The van der Waals surface area contributed by atoms with Gasteiger partial charge in [-0.05, 0) is 32.1 Å². The molecule has 0 heterocycles. The Kier molecular flexibility index (Phi) is 38.0. The second-order valence-electron chi connectivity index (χ2n) is 16.5. The summed E-state index contributed by atoms with van der Waals surface area (Å²) in [5.41, 5.74) is 0. The van der Waals surface area contributed by atoms with Crippen molar-refractivity contribution in [2.45, 2.75) is 193 Å². The van der Waals surface area contributed by atoms with Crippen molar-refractivity contribution in [2.75, 3.05) is 47.5 Å². The molecule has 0 rings (SSSR count). The van der Waals surface area contributed by atoms with Crippen LogP contribution in [0.5, 0.6) is 0 Å². The van der Waals surface area contributed by atoms with Crippen molar-refractivity contribution in [1.29, 1.82) is 0 Å². The summed E-state index contributed by atoms with van der Waals surface area (Å²) < 4.78 is 34.3. The number of hydrogen-bond donors (Lipinski definition) is 1. The number of quaternary nitrogens is 1. The summed E-state index contributed by atoms with van der Waals surface area (Å²) in [6, 6.07) is 0. The van der Waals surface area contributed by atoms with Crippen molar-refractivity contribution in [3.8, 4) is 0 Å². The van der Waals surface area contributed by atoms with Gasteiger partial charge in [0.2, 0.25) is 0 Å². The van der Waals surface area contributed by atoms with Gasteiger partial charge in [0.25, 0.3) is 0 Å². The minimum Gasteiger partial charge on any atom is -0.462 e. The molecule has 0 saturated heterocycles. The molecule has 10 heteroatoms. The van der Waals surface area contributed by atoms with Crippen LogP contribution in [0, 0.1) is 0 Å². The average molecular weight is 825 g/mol. The van der Waals surface area contributed by atoms with Crippen LogP contribution in [-0.2, 0) is 32.7 Å². The topological polar surface area (TPSA) is 108 Å². The molecule has 0 aromatic rings. The van der Waals surface area contributed by atoms with Crippen LogP contribution in [0.25, 0.3) is 0 Å². The molecule has 0 spiro atoms. The number of phosphoric ester groups is 1. The van der Waals surface area contributed by atoms with Crippen LogP contribution in [0.15, 0.2) is 48.6 Å². The normalized spacial score (nSPS) is 14.0. The molecule has 1 unspecified atom stereocenters. The van der Waals surface area contributed by atoms with E-state index in [2.05, 4.69) is 32.1 Å². The second kappa shape index (κ2) is 39.4. The predicted molar refractivity (Wildman–Crippen MR) is 238 cm³/mol. The van der Waals surface area contributed by atoms with E-state index in [1.807, 2.05) is 51.5 Å². The van der Waals surface area contributed by atoms with Crippen LogP contribution in [-0.4, -0.2) is 74.9 Å². The molecule has 1 N–H and O–H groups in total. The van der Waals surface area contributed by atoms with Crippen LogP contribution in [0.2, 0.25) is 0 Å². The van der Waals surface area contributed by atoms with E-state index in [9.17, 15) is 19.0 Å². The quantitative estimate of drug-likeness (QED) is 0.0213. The van der Waals surface area contributed by atoms with Crippen LogP contribution >= 0.6 is 7.82 Å². The van der Waals surface area contributed by atoms with Crippen LogP contribution in [0.4, 0.5) is 0 Å². The first-order valence-corrected chi connectivity index (χ1v) is 24.4. The maximum atomic E-state index is 12.7. The number of ether oxygens (including phenoxy) is 2. The highest BCUT2D eigenvalue weighted by Gasteiger charge is 2.27. The minimum atomic E-state index is -4.38. The van der Waals surface area contributed by atoms with E-state index in [0.717, 1.165) is 57.8 Å². The monoisotopic (exact) mass is 825 g/mol. The predicted octanol–water partition coefficient (Wildman–Crippen LogP) is 13.1. The molecule has 0 bridgehead atoms. The Morgan fingerprint density at radius 1 is 0.561 bits per heavy atom. The summed E-state index contributed by atoms with van der Waals surface area (Å²) in [4.78, 5) is 35.4. The molecule has 0 aromatic heterocycles. The molecule has 57 heavy (non-hydrogen) atoms. The standard InChI is InChI=1S/C47H86NO8P/c1-6-8-10-12-14-16-18-20-22-23-24-26-27-29-31-33-35-37-39-46(49)53-43-45(44-55-57(51,52)54-42-41-48(3,4)5)56-47(50)40-38-36-34-32-30-28-25-21-19-17-15-13-11-9-7-2/h9,11,13,15,17,19,21,25,45H,6-8,10,12,14,16,18,20,22-24,26-44H2,1-5H3/p+1/b11-9+,15-13+,19-17+,25-21+/t45-/m1/s1. The molecule has 0 radical (unpaired) electrons. The maximum absolute atomic E-state index is 12.7. The van der Waals surface area contributed by atoms with Crippen molar-refractivity contribution in [2.24, 2.45) is 0 Å². The van der Waals surface area contributed by atoms with Crippen molar-refractivity contribution < 1.29 is 42.1 Å². The molecule has 9 nitrogen and oxygen atoms in total. The van der Waals surface area contributed by atoms with Gasteiger partial charge < -0.3 is 18.9 Å². The van der Waals surface area contributed by atoms with E-state index >= 15 is 0 Å². The lowest BCUT2D eigenvalue weighted by Gasteiger charge is -2.24.